The van der Waals surface area contributed by atoms with Gasteiger partial charge in [-0.1, -0.05) is 13.8 Å². The Morgan fingerprint density at radius 2 is 2.15 bits per heavy atom. The molecule has 5 heteroatoms. The highest BCUT2D eigenvalue weighted by atomic mass is 32.2. The molecule has 72 valence electrons. The molecule has 0 aromatic carbocycles. The van der Waals surface area contributed by atoms with Crippen LogP contribution in [0.3, 0.4) is 0 Å². The standard InChI is InChI=1S/C8H13N3OS/c1-4(2)5-6(12)10-8(9)11-7(5)13-3/h4H,1-3H3,(H3,9,10,11,12). The van der Waals surface area contributed by atoms with Crippen LogP contribution in [-0.2, 0) is 0 Å². The van der Waals surface area contributed by atoms with E-state index in [0.29, 0.717) is 5.56 Å². The lowest BCUT2D eigenvalue weighted by atomic mass is 10.1. The monoisotopic (exact) mass is 199 g/mol. The molecule has 0 spiro atoms. The maximum atomic E-state index is 11.5. The van der Waals surface area contributed by atoms with Gasteiger partial charge in [-0.25, -0.2) is 4.98 Å². The second kappa shape index (κ2) is 3.83. The minimum absolute atomic E-state index is 0.133. The number of hydrogen-bond donors (Lipinski definition) is 2. The van der Waals surface area contributed by atoms with Crippen LogP contribution in [-0.4, -0.2) is 16.2 Å². The van der Waals surface area contributed by atoms with Crippen LogP contribution in [0.5, 0.6) is 0 Å². The largest absolute Gasteiger partial charge is 0.369 e. The molecule has 0 amide bonds. The van der Waals surface area contributed by atoms with Gasteiger partial charge in [0.25, 0.3) is 5.56 Å². The van der Waals surface area contributed by atoms with E-state index >= 15 is 0 Å². The van der Waals surface area contributed by atoms with E-state index in [1.54, 1.807) is 0 Å². The number of H-pyrrole nitrogens is 1. The van der Waals surface area contributed by atoms with E-state index in [4.69, 9.17) is 5.73 Å². The molecule has 1 rings (SSSR count). The van der Waals surface area contributed by atoms with Crippen molar-refractivity contribution in [2.45, 2.75) is 24.8 Å². The Hall–Kier alpha value is -0.970. The molecule has 0 atom stereocenters. The predicted molar refractivity (Wildman–Crippen MR) is 55.1 cm³/mol. The lowest BCUT2D eigenvalue weighted by molar-refractivity contribution is 0.790. The van der Waals surface area contributed by atoms with Crippen molar-refractivity contribution in [1.29, 1.82) is 0 Å². The number of rotatable bonds is 2. The molecule has 13 heavy (non-hydrogen) atoms. The predicted octanol–water partition coefficient (Wildman–Crippen LogP) is 1.20. The van der Waals surface area contributed by atoms with Crippen molar-refractivity contribution in [3.8, 4) is 0 Å². The molecule has 0 unspecified atom stereocenters. The highest BCUT2D eigenvalue weighted by Gasteiger charge is 2.12. The number of aromatic nitrogens is 2. The number of aromatic amines is 1. The van der Waals surface area contributed by atoms with Gasteiger partial charge in [0.15, 0.2) is 0 Å². The topological polar surface area (TPSA) is 71.8 Å². The number of nitrogens with two attached hydrogens (primary N) is 1. The molecule has 0 aliphatic heterocycles. The van der Waals surface area contributed by atoms with Crippen molar-refractivity contribution >= 4 is 17.7 Å². The summed E-state index contributed by atoms with van der Waals surface area (Å²) in [4.78, 5) is 18.0. The summed E-state index contributed by atoms with van der Waals surface area (Å²) < 4.78 is 0. The summed E-state index contributed by atoms with van der Waals surface area (Å²) in [5.41, 5.74) is 6.00. The summed E-state index contributed by atoms with van der Waals surface area (Å²) in [5, 5.41) is 0.719. The van der Waals surface area contributed by atoms with Gasteiger partial charge < -0.3 is 5.73 Å². The molecule has 0 aliphatic carbocycles. The molecule has 0 saturated heterocycles. The highest BCUT2D eigenvalue weighted by Crippen LogP contribution is 2.21. The van der Waals surface area contributed by atoms with Gasteiger partial charge in [-0.15, -0.1) is 11.8 Å². The van der Waals surface area contributed by atoms with E-state index in [-0.39, 0.29) is 17.4 Å². The molecule has 3 N–H and O–H groups in total. The molecular formula is C8H13N3OS. The first-order valence-electron chi connectivity index (χ1n) is 4.00. The van der Waals surface area contributed by atoms with Crippen molar-refractivity contribution in [3.05, 3.63) is 15.9 Å². The quantitative estimate of drug-likeness (QED) is 0.554. The highest BCUT2D eigenvalue weighted by molar-refractivity contribution is 7.98. The van der Waals surface area contributed by atoms with Crippen LogP contribution in [0.15, 0.2) is 9.82 Å². The minimum Gasteiger partial charge on any atom is -0.369 e. The maximum absolute atomic E-state index is 11.5. The minimum atomic E-state index is -0.133. The maximum Gasteiger partial charge on any atom is 0.256 e. The molecule has 1 aromatic heterocycles. The number of nitrogen functional groups attached to an aromatic ring is 1. The summed E-state index contributed by atoms with van der Waals surface area (Å²) in [6.45, 7) is 3.92. The van der Waals surface area contributed by atoms with Crippen molar-refractivity contribution in [1.82, 2.24) is 9.97 Å². The zero-order valence-electron chi connectivity index (χ0n) is 7.92. The van der Waals surface area contributed by atoms with Gasteiger partial charge in [0.1, 0.15) is 5.03 Å². The fourth-order valence-corrected chi connectivity index (χ4v) is 1.88. The number of hydrogen-bond acceptors (Lipinski definition) is 4. The average Bonchev–Trinajstić information content (AvgIpc) is 2.01. The molecule has 0 saturated carbocycles. The van der Waals surface area contributed by atoms with Gasteiger partial charge >= 0.3 is 0 Å². The smallest absolute Gasteiger partial charge is 0.256 e. The molecule has 0 fully saturated rings. The van der Waals surface area contributed by atoms with Crippen LogP contribution in [0.2, 0.25) is 0 Å². The van der Waals surface area contributed by atoms with Crippen LogP contribution in [0.1, 0.15) is 25.3 Å². The van der Waals surface area contributed by atoms with Gasteiger partial charge in [-0.3, -0.25) is 9.78 Å². The molecule has 0 bridgehead atoms. The van der Waals surface area contributed by atoms with Crippen LogP contribution >= 0.6 is 11.8 Å². The number of nitrogens with one attached hydrogen (secondary N) is 1. The summed E-state index contributed by atoms with van der Waals surface area (Å²) in [6, 6.07) is 0. The lowest BCUT2D eigenvalue weighted by Crippen LogP contribution is -2.18. The van der Waals surface area contributed by atoms with Crippen LogP contribution in [0, 0.1) is 0 Å². The van der Waals surface area contributed by atoms with E-state index in [2.05, 4.69) is 9.97 Å². The average molecular weight is 199 g/mol. The Kier molecular flexibility index (Phi) is 2.98. The second-order valence-corrected chi connectivity index (χ2v) is 3.82. The Balaban J connectivity index is 3.39. The number of nitrogens with zero attached hydrogens (tertiary/aromatic N) is 1. The molecule has 0 radical (unpaired) electrons. The van der Waals surface area contributed by atoms with Gasteiger partial charge in [-0.2, -0.15) is 0 Å². The first-order chi connectivity index (χ1) is 6.06. The Morgan fingerprint density at radius 1 is 1.54 bits per heavy atom. The molecular weight excluding hydrogens is 186 g/mol. The normalized spacial score (nSPS) is 10.8. The Labute approximate surface area is 81.0 Å². The Bertz CT molecular complexity index is 359. The summed E-state index contributed by atoms with van der Waals surface area (Å²) in [6.07, 6.45) is 1.88. The third-order valence-corrected chi connectivity index (χ3v) is 2.41. The van der Waals surface area contributed by atoms with Crippen LogP contribution < -0.4 is 11.3 Å². The van der Waals surface area contributed by atoms with Gasteiger partial charge in [0, 0.05) is 0 Å². The van der Waals surface area contributed by atoms with E-state index < -0.39 is 0 Å². The van der Waals surface area contributed by atoms with Crippen LogP contribution in [0.25, 0.3) is 0 Å². The number of thioether (sulfide) groups is 1. The van der Waals surface area contributed by atoms with E-state index in [0.717, 1.165) is 5.03 Å². The van der Waals surface area contributed by atoms with Crippen molar-refractivity contribution in [2.24, 2.45) is 0 Å². The third-order valence-electron chi connectivity index (χ3n) is 1.71. The van der Waals surface area contributed by atoms with Crippen molar-refractivity contribution < 1.29 is 0 Å². The zero-order valence-corrected chi connectivity index (χ0v) is 8.73. The van der Waals surface area contributed by atoms with Gasteiger partial charge in [-0.05, 0) is 12.2 Å². The second-order valence-electron chi connectivity index (χ2n) is 3.03. The molecule has 0 aliphatic rings. The first-order valence-corrected chi connectivity index (χ1v) is 5.22. The SMILES string of the molecule is CSc1nc(N)[nH]c(=O)c1C(C)C. The third kappa shape index (κ3) is 2.03. The summed E-state index contributed by atoms with van der Waals surface area (Å²) in [5.74, 6) is 0.345. The van der Waals surface area contributed by atoms with Gasteiger partial charge in [0.2, 0.25) is 5.95 Å². The Morgan fingerprint density at radius 3 is 2.62 bits per heavy atom. The lowest BCUT2D eigenvalue weighted by Gasteiger charge is -2.08. The van der Waals surface area contributed by atoms with E-state index in [9.17, 15) is 4.79 Å². The summed E-state index contributed by atoms with van der Waals surface area (Å²) >= 11 is 1.44. The first kappa shape index (κ1) is 10.1. The van der Waals surface area contributed by atoms with E-state index in [1.165, 1.54) is 11.8 Å². The zero-order chi connectivity index (χ0) is 10.0. The van der Waals surface area contributed by atoms with Gasteiger partial charge in [0.05, 0.1) is 5.56 Å². The molecule has 1 heterocycles. The van der Waals surface area contributed by atoms with Crippen molar-refractivity contribution in [3.63, 3.8) is 0 Å². The van der Waals surface area contributed by atoms with E-state index in [1.807, 2.05) is 20.1 Å². The van der Waals surface area contributed by atoms with Crippen molar-refractivity contribution in [2.75, 3.05) is 12.0 Å². The van der Waals surface area contributed by atoms with Crippen LogP contribution in [0.4, 0.5) is 5.95 Å². The molecule has 1 aromatic rings. The fourth-order valence-electron chi connectivity index (χ4n) is 1.14. The fraction of sp³-hybridized carbons (Fsp3) is 0.500. The molecule has 4 nitrogen and oxygen atoms in total. The number of anilines is 1. The summed E-state index contributed by atoms with van der Waals surface area (Å²) in [7, 11) is 0.